The zero-order valence-electron chi connectivity index (χ0n) is 9.36. The van der Waals surface area contributed by atoms with Crippen molar-refractivity contribution in [2.45, 2.75) is 26.3 Å². The fourth-order valence-electron chi connectivity index (χ4n) is 0.760. The quantitative estimate of drug-likeness (QED) is 0.291. The Hall–Kier alpha value is -1.89. The summed E-state index contributed by atoms with van der Waals surface area (Å²) in [5, 5.41) is 4.68. The first kappa shape index (κ1) is 14.1. The number of hydrazine groups is 1. The fourth-order valence-corrected chi connectivity index (χ4v) is 0.760. The van der Waals surface area contributed by atoms with Gasteiger partial charge in [-0.05, 0) is 6.92 Å². The Labute approximate surface area is 94.1 Å². The molecule has 0 bridgehead atoms. The largest absolute Gasteiger partial charge is 0.330 e. The molecule has 0 aromatic rings. The van der Waals surface area contributed by atoms with E-state index in [1.54, 1.807) is 13.8 Å². The number of carbonyl (C=O) groups is 2. The lowest BCUT2D eigenvalue weighted by Gasteiger charge is -2.08. The summed E-state index contributed by atoms with van der Waals surface area (Å²) in [5.41, 5.74) is 2.28. The minimum Gasteiger partial charge on any atom is -0.330 e. The number of nitrogens with zero attached hydrogens (tertiary/aromatic N) is 1. The van der Waals surface area contributed by atoms with Crippen LogP contribution in [0.3, 0.4) is 0 Å². The van der Waals surface area contributed by atoms with Crippen LogP contribution in [0.4, 0.5) is 4.79 Å². The molecule has 1 unspecified atom stereocenters. The maximum Gasteiger partial charge on any atom is 0.321 e. The smallest absolute Gasteiger partial charge is 0.321 e. The van der Waals surface area contributed by atoms with E-state index in [-0.39, 0.29) is 18.4 Å². The van der Waals surface area contributed by atoms with Gasteiger partial charge in [-0.3, -0.25) is 20.9 Å². The predicted molar refractivity (Wildman–Crippen MR) is 61.4 cm³/mol. The van der Waals surface area contributed by atoms with Crippen LogP contribution < -0.4 is 21.9 Å². The van der Waals surface area contributed by atoms with Crippen LogP contribution in [0, 0.1) is 0 Å². The molecule has 7 heteroatoms. The first-order valence-electron chi connectivity index (χ1n) is 4.85. The first-order valence-corrected chi connectivity index (χ1v) is 4.85. The van der Waals surface area contributed by atoms with Gasteiger partial charge in [0.15, 0.2) is 0 Å². The van der Waals surface area contributed by atoms with E-state index in [0.717, 1.165) is 0 Å². The number of aliphatic imine (C=N–C) groups is 1. The Balaban J connectivity index is 3.90. The fraction of sp³-hybridized carbons (Fsp3) is 0.444. The van der Waals surface area contributed by atoms with Crippen LogP contribution in [0.1, 0.15) is 20.3 Å². The van der Waals surface area contributed by atoms with E-state index in [1.807, 2.05) is 0 Å². The number of rotatable bonds is 5. The van der Waals surface area contributed by atoms with Crippen LogP contribution in [0.15, 0.2) is 17.4 Å². The Kier molecular flexibility index (Phi) is 7.43. The van der Waals surface area contributed by atoms with Crippen molar-refractivity contribution in [2.24, 2.45) is 10.8 Å². The maximum atomic E-state index is 11.2. The van der Waals surface area contributed by atoms with E-state index < -0.39 is 6.03 Å². The molecule has 0 heterocycles. The summed E-state index contributed by atoms with van der Waals surface area (Å²) in [5.74, 6) is 4.64. The molecule has 0 spiro atoms. The summed E-state index contributed by atoms with van der Waals surface area (Å²) in [6, 6.07) is -0.821. The van der Waals surface area contributed by atoms with Gasteiger partial charge in [0, 0.05) is 25.0 Å². The van der Waals surface area contributed by atoms with Gasteiger partial charge in [0.2, 0.25) is 5.91 Å². The highest BCUT2D eigenvalue weighted by molar-refractivity contribution is 5.95. The molecule has 0 aromatic heterocycles. The van der Waals surface area contributed by atoms with Gasteiger partial charge in [-0.25, -0.2) is 4.79 Å². The monoisotopic (exact) mass is 227 g/mol. The molecule has 0 aliphatic carbocycles. The SMILES string of the molecule is CCC(=O)NC(=O)NC(C)/C=N\C=C/NN. The predicted octanol–water partition coefficient (Wildman–Crippen LogP) is -0.384. The zero-order chi connectivity index (χ0) is 12.4. The first-order chi connectivity index (χ1) is 7.60. The van der Waals surface area contributed by atoms with E-state index in [9.17, 15) is 9.59 Å². The third-order valence-corrected chi connectivity index (χ3v) is 1.50. The van der Waals surface area contributed by atoms with Crippen LogP contribution in [0.2, 0.25) is 0 Å². The number of hydrogen-bond donors (Lipinski definition) is 4. The molecule has 0 fully saturated rings. The van der Waals surface area contributed by atoms with Crippen LogP contribution >= 0.6 is 0 Å². The summed E-state index contributed by atoms with van der Waals surface area (Å²) in [6.45, 7) is 3.39. The van der Waals surface area contributed by atoms with Crippen LogP contribution in [0.5, 0.6) is 0 Å². The molecule has 0 saturated carbocycles. The average molecular weight is 227 g/mol. The number of amides is 3. The van der Waals surface area contributed by atoms with Crippen molar-refractivity contribution in [1.82, 2.24) is 16.1 Å². The van der Waals surface area contributed by atoms with Gasteiger partial charge in [-0.2, -0.15) is 0 Å². The van der Waals surface area contributed by atoms with Gasteiger partial charge < -0.3 is 10.7 Å². The molecule has 0 aliphatic heterocycles. The number of nitrogens with two attached hydrogens (primary N) is 1. The Morgan fingerprint density at radius 2 is 2.19 bits per heavy atom. The molecule has 1 atom stereocenters. The van der Waals surface area contributed by atoms with E-state index in [0.29, 0.717) is 0 Å². The summed E-state index contributed by atoms with van der Waals surface area (Å²) >= 11 is 0. The summed E-state index contributed by atoms with van der Waals surface area (Å²) in [6.07, 6.45) is 4.64. The second-order valence-electron chi connectivity index (χ2n) is 2.94. The number of nitrogens with one attached hydrogen (secondary N) is 3. The van der Waals surface area contributed by atoms with Crippen molar-refractivity contribution >= 4 is 18.2 Å². The number of hydrogen-bond acceptors (Lipinski definition) is 5. The second kappa shape index (κ2) is 8.42. The van der Waals surface area contributed by atoms with Gasteiger partial charge >= 0.3 is 6.03 Å². The Bertz CT molecular complexity index is 288. The molecule has 0 aliphatic rings. The van der Waals surface area contributed by atoms with Crippen molar-refractivity contribution in [1.29, 1.82) is 0 Å². The highest BCUT2D eigenvalue weighted by Gasteiger charge is 2.06. The molecule has 16 heavy (non-hydrogen) atoms. The van der Waals surface area contributed by atoms with Gasteiger partial charge in [0.1, 0.15) is 0 Å². The van der Waals surface area contributed by atoms with E-state index in [4.69, 9.17) is 5.84 Å². The molecular weight excluding hydrogens is 210 g/mol. The van der Waals surface area contributed by atoms with Crippen molar-refractivity contribution < 1.29 is 9.59 Å². The van der Waals surface area contributed by atoms with Crippen molar-refractivity contribution in [2.75, 3.05) is 0 Å². The number of carbonyl (C=O) groups excluding carboxylic acids is 2. The van der Waals surface area contributed by atoms with Gasteiger partial charge in [-0.1, -0.05) is 6.92 Å². The molecule has 3 amide bonds. The lowest BCUT2D eigenvalue weighted by Crippen LogP contribution is -2.43. The topological polar surface area (TPSA) is 109 Å². The summed E-state index contributed by atoms with van der Waals surface area (Å²) in [7, 11) is 0. The highest BCUT2D eigenvalue weighted by Crippen LogP contribution is 1.80. The van der Waals surface area contributed by atoms with Gasteiger partial charge in [-0.15, -0.1) is 0 Å². The van der Waals surface area contributed by atoms with Crippen molar-refractivity contribution in [3.8, 4) is 0 Å². The molecule has 7 nitrogen and oxygen atoms in total. The zero-order valence-corrected chi connectivity index (χ0v) is 9.36. The average Bonchev–Trinajstić information content (AvgIpc) is 2.24. The third-order valence-electron chi connectivity index (χ3n) is 1.50. The minimum atomic E-state index is -0.535. The standard InChI is InChI=1S/C9H17N5O2/c1-3-8(15)14-9(16)13-7(2)6-11-4-5-12-10/h4-7,12H,3,10H2,1-2H3,(H2,13,14,15,16)/b5-4-,11-6-. The van der Waals surface area contributed by atoms with Crippen LogP contribution in [-0.2, 0) is 4.79 Å². The minimum absolute atomic E-state index is 0.265. The van der Waals surface area contributed by atoms with Crippen molar-refractivity contribution in [3.63, 3.8) is 0 Å². The molecule has 0 saturated heterocycles. The van der Waals surface area contributed by atoms with E-state index in [2.05, 4.69) is 21.1 Å². The maximum absolute atomic E-state index is 11.2. The second-order valence-corrected chi connectivity index (χ2v) is 2.94. The Morgan fingerprint density at radius 3 is 2.75 bits per heavy atom. The number of imide groups is 1. The Morgan fingerprint density at radius 1 is 1.50 bits per heavy atom. The van der Waals surface area contributed by atoms with Crippen molar-refractivity contribution in [3.05, 3.63) is 12.4 Å². The molecule has 0 rings (SSSR count). The number of urea groups is 1. The normalized spacial score (nSPS) is 12.7. The molecule has 0 radical (unpaired) electrons. The highest BCUT2D eigenvalue weighted by atomic mass is 16.2. The van der Waals surface area contributed by atoms with Gasteiger partial charge in [0.25, 0.3) is 0 Å². The molecule has 5 N–H and O–H groups in total. The lowest BCUT2D eigenvalue weighted by molar-refractivity contribution is -0.119. The third kappa shape index (κ3) is 7.51. The lowest BCUT2D eigenvalue weighted by atomic mass is 10.4. The molecule has 0 aromatic carbocycles. The van der Waals surface area contributed by atoms with Crippen LogP contribution in [-0.4, -0.2) is 24.2 Å². The summed E-state index contributed by atoms with van der Waals surface area (Å²) in [4.78, 5) is 25.9. The van der Waals surface area contributed by atoms with E-state index >= 15 is 0 Å². The molecular formula is C9H17N5O2. The van der Waals surface area contributed by atoms with Crippen LogP contribution in [0.25, 0.3) is 0 Å². The molecule has 90 valence electrons. The van der Waals surface area contributed by atoms with Gasteiger partial charge in [0.05, 0.1) is 6.04 Å². The summed E-state index contributed by atoms with van der Waals surface area (Å²) < 4.78 is 0. The van der Waals surface area contributed by atoms with E-state index in [1.165, 1.54) is 18.6 Å².